The van der Waals surface area contributed by atoms with E-state index in [9.17, 15) is 13.2 Å². The number of nitrogens with zero attached hydrogens (tertiary/aromatic N) is 1. The largest absolute Gasteiger partial charge is 0.490 e. The molecule has 0 radical (unpaired) electrons. The average molecular weight is 424 g/mol. The van der Waals surface area contributed by atoms with Crippen LogP contribution in [0.25, 0.3) is 0 Å². The Hall–Kier alpha value is -2.09. The lowest BCUT2D eigenvalue weighted by atomic mass is 9.98. The molecule has 150 valence electrons. The summed E-state index contributed by atoms with van der Waals surface area (Å²) in [5.41, 5.74) is 0. The van der Waals surface area contributed by atoms with Crippen molar-refractivity contribution in [1.29, 1.82) is 0 Å². The zero-order chi connectivity index (χ0) is 20.0. The highest BCUT2D eigenvalue weighted by Crippen LogP contribution is 2.25. The molecule has 28 heavy (non-hydrogen) atoms. The molecule has 0 aliphatic carbocycles. The van der Waals surface area contributed by atoms with Crippen LogP contribution in [0, 0.1) is 5.92 Å². The Labute approximate surface area is 170 Å². The second-order valence-corrected chi connectivity index (χ2v) is 8.84. The maximum Gasteiger partial charge on any atom is 0.309 e. The van der Waals surface area contributed by atoms with Crippen LogP contribution in [0.2, 0.25) is 5.02 Å². The van der Waals surface area contributed by atoms with Crippen LogP contribution in [-0.2, 0) is 19.6 Å². The monoisotopic (exact) mass is 423 g/mol. The van der Waals surface area contributed by atoms with Gasteiger partial charge in [-0.25, -0.2) is 8.42 Å². The van der Waals surface area contributed by atoms with Crippen molar-refractivity contribution in [3.05, 3.63) is 59.6 Å². The molecule has 8 heteroatoms. The summed E-state index contributed by atoms with van der Waals surface area (Å²) >= 11 is 5.82. The fourth-order valence-corrected chi connectivity index (χ4v) is 4.62. The number of hydrogen-bond donors (Lipinski definition) is 0. The normalized spacial score (nSPS) is 15.9. The van der Waals surface area contributed by atoms with Crippen molar-refractivity contribution in [3.63, 3.8) is 0 Å². The Morgan fingerprint density at radius 2 is 1.64 bits per heavy atom. The molecule has 1 aliphatic heterocycles. The lowest BCUT2D eigenvalue weighted by molar-refractivity contribution is -0.150. The van der Waals surface area contributed by atoms with Gasteiger partial charge in [-0.3, -0.25) is 4.79 Å². The molecule has 1 saturated heterocycles. The Balaban J connectivity index is 1.44. The minimum absolute atomic E-state index is 0.164. The van der Waals surface area contributed by atoms with E-state index >= 15 is 0 Å². The highest BCUT2D eigenvalue weighted by Gasteiger charge is 2.32. The molecule has 0 unspecified atom stereocenters. The summed E-state index contributed by atoms with van der Waals surface area (Å²) in [6.45, 7) is 1.01. The van der Waals surface area contributed by atoms with Gasteiger partial charge < -0.3 is 9.47 Å². The quantitative estimate of drug-likeness (QED) is 0.504. The molecule has 6 nitrogen and oxygen atoms in total. The van der Waals surface area contributed by atoms with E-state index in [0.717, 1.165) is 5.75 Å². The van der Waals surface area contributed by atoms with Crippen molar-refractivity contribution in [1.82, 2.24) is 4.31 Å². The Kier molecular flexibility index (Phi) is 6.93. The SMILES string of the molecule is O=C(OCCOc1ccccc1)C1CCN(S(=O)(=O)c2ccc(Cl)cc2)CC1. The van der Waals surface area contributed by atoms with E-state index in [4.69, 9.17) is 21.1 Å². The lowest BCUT2D eigenvalue weighted by Gasteiger charge is -2.30. The van der Waals surface area contributed by atoms with Crippen molar-refractivity contribution < 1.29 is 22.7 Å². The zero-order valence-corrected chi connectivity index (χ0v) is 16.9. The number of carbonyl (C=O) groups is 1. The third-order valence-electron chi connectivity index (χ3n) is 4.58. The van der Waals surface area contributed by atoms with Crippen LogP contribution in [0.3, 0.4) is 0 Å². The highest BCUT2D eigenvalue weighted by atomic mass is 35.5. The predicted molar refractivity (Wildman–Crippen MR) is 106 cm³/mol. The third-order valence-corrected chi connectivity index (χ3v) is 6.74. The molecule has 2 aromatic rings. The van der Waals surface area contributed by atoms with Gasteiger partial charge in [0, 0.05) is 18.1 Å². The molecule has 2 aromatic carbocycles. The molecule has 0 aromatic heterocycles. The van der Waals surface area contributed by atoms with E-state index in [1.807, 2.05) is 30.3 Å². The molecule has 0 bridgehead atoms. The number of rotatable bonds is 7. The van der Waals surface area contributed by atoms with E-state index in [1.165, 1.54) is 16.4 Å². The zero-order valence-electron chi connectivity index (χ0n) is 15.3. The average Bonchev–Trinajstić information content (AvgIpc) is 2.72. The lowest BCUT2D eigenvalue weighted by Crippen LogP contribution is -2.40. The first-order valence-corrected chi connectivity index (χ1v) is 10.9. The first kappa shape index (κ1) is 20.6. The summed E-state index contributed by atoms with van der Waals surface area (Å²) in [7, 11) is -3.58. The molecule has 1 aliphatic rings. The van der Waals surface area contributed by atoms with Crippen molar-refractivity contribution in [2.45, 2.75) is 17.7 Å². The second kappa shape index (κ2) is 9.41. The molecule has 3 rings (SSSR count). The topological polar surface area (TPSA) is 72.9 Å². The molecule has 0 N–H and O–H groups in total. The van der Waals surface area contributed by atoms with E-state index in [2.05, 4.69) is 0 Å². The van der Waals surface area contributed by atoms with Crippen molar-refractivity contribution in [3.8, 4) is 5.75 Å². The molecule has 0 amide bonds. The van der Waals surface area contributed by atoms with Crippen LogP contribution in [0.15, 0.2) is 59.5 Å². The van der Waals surface area contributed by atoms with Crippen LogP contribution >= 0.6 is 11.6 Å². The summed E-state index contributed by atoms with van der Waals surface area (Å²) in [5, 5.41) is 0.483. The molecule has 0 saturated carbocycles. The minimum atomic E-state index is -3.58. The molecular formula is C20H22ClNO5S. The molecule has 0 atom stereocenters. The van der Waals surface area contributed by atoms with Crippen LogP contribution in [0.4, 0.5) is 0 Å². The molecule has 1 heterocycles. The maximum absolute atomic E-state index is 12.7. The number of para-hydroxylation sites is 1. The number of sulfonamides is 1. The van der Waals surface area contributed by atoms with Gasteiger partial charge in [-0.2, -0.15) is 4.31 Å². The van der Waals surface area contributed by atoms with Crippen molar-refractivity contribution in [2.75, 3.05) is 26.3 Å². The van der Waals surface area contributed by atoms with Gasteiger partial charge in [-0.1, -0.05) is 29.8 Å². The first-order chi connectivity index (χ1) is 13.5. The van der Waals surface area contributed by atoms with Crippen molar-refractivity contribution in [2.24, 2.45) is 5.92 Å². The minimum Gasteiger partial charge on any atom is -0.490 e. The third kappa shape index (κ3) is 5.25. The van der Waals surface area contributed by atoms with Crippen LogP contribution in [-0.4, -0.2) is 45.0 Å². The standard InChI is InChI=1S/C20H22ClNO5S/c21-17-6-8-19(9-7-17)28(24,25)22-12-10-16(11-13-22)20(23)27-15-14-26-18-4-2-1-3-5-18/h1-9,16H,10-15H2. The number of esters is 1. The van der Waals surface area contributed by atoms with Gasteiger partial charge >= 0.3 is 5.97 Å². The van der Waals surface area contributed by atoms with E-state index in [1.54, 1.807) is 12.1 Å². The summed E-state index contributed by atoms with van der Waals surface area (Å²) in [5.74, 6) is 0.118. The Morgan fingerprint density at radius 1 is 1.00 bits per heavy atom. The predicted octanol–water partition coefficient (Wildman–Crippen LogP) is 3.36. The van der Waals surface area contributed by atoms with E-state index in [-0.39, 0.29) is 43.1 Å². The molecule has 1 fully saturated rings. The van der Waals surface area contributed by atoms with Crippen LogP contribution < -0.4 is 4.74 Å². The number of benzene rings is 2. The fraction of sp³-hybridized carbons (Fsp3) is 0.350. The number of carbonyl (C=O) groups excluding carboxylic acids is 1. The summed E-state index contributed by atoms with van der Waals surface area (Å²) < 4.78 is 37.5. The van der Waals surface area contributed by atoms with Crippen LogP contribution in [0.1, 0.15) is 12.8 Å². The number of hydrogen-bond acceptors (Lipinski definition) is 5. The van der Waals surface area contributed by atoms with Crippen LogP contribution in [0.5, 0.6) is 5.75 Å². The highest BCUT2D eigenvalue weighted by molar-refractivity contribution is 7.89. The number of ether oxygens (including phenoxy) is 2. The Morgan fingerprint density at radius 3 is 2.29 bits per heavy atom. The van der Waals surface area contributed by atoms with Gasteiger partial charge in [0.2, 0.25) is 10.0 Å². The molecule has 0 spiro atoms. The van der Waals surface area contributed by atoms with Gasteiger partial charge in [0.15, 0.2) is 0 Å². The summed E-state index contributed by atoms with van der Waals surface area (Å²) in [4.78, 5) is 12.4. The van der Waals surface area contributed by atoms with E-state index < -0.39 is 10.0 Å². The second-order valence-electron chi connectivity index (χ2n) is 6.46. The van der Waals surface area contributed by atoms with Gasteiger partial charge in [0.05, 0.1) is 10.8 Å². The van der Waals surface area contributed by atoms with Gasteiger partial charge in [-0.15, -0.1) is 0 Å². The maximum atomic E-state index is 12.7. The first-order valence-electron chi connectivity index (χ1n) is 9.07. The van der Waals surface area contributed by atoms with Gasteiger partial charge in [-0.05, 0) is 49.2 Å². The van der Waals surface area contributed by atoms with Gasteiger partial charge in [0.1, 0.15) is 19.0 Å². The number of halogens is 1. The molecular weight excluding hydrogens is 402 g/mol. The Bertz CT molecular complexity index is 879. The summed E-state index contributed by atoms with van der Waals surface area (Å²) in [6, 6.07) is 15.4. The van der Waals surface area contributed by atoms with E-state index in [0.29, 0.717) is 17.9 Å². The number of piperidine rings is 1. The summed E-state index contributed by atoms with van der Waals surface area (Å²) in [6.07, 6.45) is 0.871. The smallest absolute Gasteiger partial charge is 0.309 e. The van der Waals surface area contributed by atoms with Gasteiger partial charge in [0.25, 0.3) is 0 Å². The fourth-order valence-electron chi connectivity index (χ4n) is 3.02. The van der Waals surface area contributed by atoms with Crippen molar-refractivity contribution >= 4 is 27.6 Å².